The Hall–Kier alpha value is -2.59. The standard InChI is InChI=1S/C19H18ClNO3/c1-2-12-21(17-10-8-15(9-11-17)13-18(20)22)19(23)24-14-16-6-4-3-5-7-16/h2-11H,1,12-14H2. The zero-order chi connectivity index (χ0) is 17.4. The molecule has 0 aromatic heterocycles. The summed E-state index contributed by atoms with van der Waals surface area (Å²) >= 11 is 5.38. The van der Waals surface area contributed by atoms with Crippen LogP contribution in [-0.4, -0.2) is 17.9 Å². The number of nitrogens with zero attached hydrogens (tertiary/aromatic N) is 1. The van der Waals surface area contributed by atoms with Crippen LogP contribution in [0.4, 0.5) is 10.5 Å². The third-order valence-electron chi connectivity index (χ3n) is 3.33. The van der Waals surface area contributed by atoms with E-state index >= 15 is 0 Å². The van der Waals surface area contributed by atoms with Crippen LogP contribution in [0.3, 0.4) is 0 Å². The molecule has 124 valence electrons. The Kier molecular flexibility index (Phi) is 6.58. The average Bonchev–Trinajstić information content (AvgIpc) is 2.59. The SMILES string of the molecule is C=CCN(C(=O)OCc1ccccc1)c1ccc(CC(=O)Cl)cc1. The molecule has 0 atom stereocenters. The molecule has 24 heavy (non-hydrogen) atoms. The first-order chi connectivity index (χ1) is 11.6. The van der Waals surface area contributed by atoms with Gasteiger partial charge in [0.15, 0.2) is 0 Å². The van der Waals surface area contributed by atoms with Gasteiger partial charge in [-0.15, -0.1) is 6.58 Å². The highest BCUT2D eigenvalue weighted by Gasteiger charge is 2.16. The van der Waals surface area contributed by atoms with E-state index in [9.17, 15) is 9.59 Å². The van der Waals surface area contributed by atoms with E-state index in [4.69, 9.17) is 16.3 Å². The predicted octanol–water partition coefficient (Wildman–Crippen LogP) is 4.32. The molecule has 0 aliphatic heterocycles. The Morgan fingerprint density at radius 3 is 2.29 bits per heavy atom. The van der Waals surface area contributed by atoms with Crippen molar-refractivity contribution in [2.24, 2.45) is 0 Å². The lowest BCUT2D eigenvalue weighted by Crippen LogP contribution is -2.31. The number of anilines is 1. The predicted molar refractivity (Wildman–Crippen MR) is 95.2 cm³/mol. The maximum Gasteiger partial charge on any atom is 0.414 e. The van der Waals surface area contributed by atoms with Gasteiger partial charge in [-0.1, -0.05) is 48.5 Å². The van der Waals surface area contributed by atoms with Gasteiger partial charge in [0.05, 0.1) is 0 Å². The van der Waals surface area contributed by atoms with Crippen molar-refractivity contribution in [3.63, 3.8) is 0 Å². The second kappa shape index (κ2) is 8.89. The first-order valence-electron chi connectivity index (χ1n) is 7.46. The molecule has 4 nitrogen and oxygen atoms in total. The number of carbonyl (C=O) groups is 2. The van der Waals surface area contributed by atoms with Gasteiger partial charge in [-0.2, -0.15) is 0 Å². The number of amides is 1. The smallest absolute Gasteiger partial charge is 0.414 e. The third-order valence-corrected chi connectivity index (χ3v) is 3.46. The second-order valence-corrected chi connectivity index (χ2v) is 5.56. The highest BCUT2D eigenvalue weighted by Crippen LogP contribution is 2.18. The van der Waals surface area contributed by atoms with Gasteiger partial charge in [-0.25, -0.2) is 4.79 Å². The lowest BCUT2D eigenvalue weighted by Gasteiger charge is -2.21. The van der Waals surface area contributed by atoms with Gasteiger partial charge in [0, 0.05) is 18.7 Å². The minimum atomic E-state index is -0.458. The molecule has 5 heteroatoms. The summed E-state index contributed by atoms with van der Waals surface area (Å²) in [7, 11) is 0. The molecule has 0 bridgehead atoms. The van der Waals surface area contributed by atoms with Gasteiger partial charge in [-0.3, -0.25) is 9.69 Å². The van der Waals surface area contributed by atoms with E-state index in [0.717, 1.165) is 11.1 Å². The van der Waals surface area contributed by atoms with E-state index in [-0.39, 0.29) is 13.0 Å². The summed E-state index contributed by atoms with van der Waals surface area (Å²) in [4.78, 5) is 24.8. The zero-order valence-corrected chi connectivity index (χ0v) is 13.9. The molecule has 0 N–H and O–H groups in total. The van der Waals surface area contributed by atoms with Gasteiger partial charge in [0.2, 0.25) is 5.24 Å². The Morgan fingerprint density at radius 2 is 1.71 bits per heavy atom. The molecule has 0 heterocycles. The monoisotopic (exact) mass is 343 g/mol. The van der Waals surface area contributed by atoms with Crippen LogP contribution >= 0.6 is 11.6 Å². The maximum atomic E-state index is 12.4. The quantitative estimate of drug-likeness (QED) is 0.555. The minimum absolute atomic E-state index is 0.155. The van der Waals surface area contributed by atoms with Crippen molar-refractivity contribution in [1.29, 1.82) is 0 Å². The summed E-state index contributed by atoms with van der Waals surface area (Å²) in [5.74, 6) is 0. The van der Waals surface area contributed by atoms with E-state index in [1.807, 2.05) is 30.3 Å². The average molecular weight is 344 g/mol. The number of hydrogen-bond donors (Lipinski definition) is 0. The Morgan fingerprint density at radius 1 is 1.04 bits per heavy atom. The number of hydrogen-bond acceptors (Lipinski definition) is 3. The van der Waals surface area contributed by atoms with Crippen molar-refractivity contribution < 1.29 is 14.3 Å². The van der Waals surface area contributed by atoms with Crippen LogP contribution in [-0.2, 0) is 22.6 Å². The largest absolute Gasteiger partial charge is 0.444 e. The number of benzene rings is 2. The van der Waals surface area contributed by atoms with Crippen molar-refractivity contribution in [2.45, 2.75) is 13.0 Å². The highest BCUT2D eigenvalue weighted by molar-refractivity contribution is 6.63. The second-order valence-electron chi connectivity index (χ2n) is 5.14. The molecular formula is C19H18ClNO3. The molecular weight excluding hydrogens is 326 g/mol. The van der Waals surface area contributed by atoms with E-state index < -0.39 is 11.3 Å². The Bertz CT molecular complexity index is 698. The van der Waals surface area contributed by atoms with Crippen LogP contribution in [0, 0.1) is 0 Å². The van der Waals surface area contributed by atoms with Crippen LogP contribution < -0.4 is 4.90 Å². The van der Waals surface area contributed by atoms with Crippen molar-refractivity contribution in [1.82, 2.24) is 0 Å². The fourth-order valence-electron chi connectivity index (χ4n) is 2.17. The van der Waals surface area contributed by atoms with Gasteiger partial charge in [0.1, 0.15) is 6.61 Å². The first kappa shape index (κ1) is 17.8. The van der Waals surface area contributed by atoms with Crippen LogP contribution in [0.2, 0.25) is 0 Å². The zero-order valence-electron chi connectivity index (χ0n) is 13.2. The van der Waals surface area contributed by atoms with Gasteiger partial charge < -0.3 is 4.74 Å². The summed E-state index contributed by atoms with van der Waals surface area (Å²) in [5.41, 5.74) is 2.37. The molecule has 0 spiro atoms. The van der Waals surface area contributed by atoms with Crippen molar-refractivity contribution in [3.8, 4) is 0 Å². The third kappa shape index (κ3) is 5.25. The van der Waals surface area contributed by atoms with E-state index in [2.05, 4.69) is 6.58 Å². The van der Waals surface area contributed by atoms with E-state index in [1.54, 1.807) is 30.3 Å². The van der Waals surface area contributed by atoms with Gasteiger partial charge >= 0.3 is 6.09 Å². The topological polar surface area (TPSA) is 46.6 Å². The molecule has 0 saturated carbocycles. The summed E-state index contributed by atoms with van der Waals surface area (Å²) in [5, 5.41) is -0.423. The van der Waals surface area contributed by atoms with Crippen LogP contribution in [0.15, 0.2) is 67.3 Å². The van der Waals surface area contributed by atoms with Crippen LogP contribution in [0.5, 0.6) is 0 Å². The van der Waals surface area contributed by atoms with E-state index in [1.165, 1.54) is 4.90 Å². The summed E-state index contributed by atoms with van der Waals surface area (Å²) in [6.07, 6.45) is 1.32. The maximum absolute atomic E-state index is 12.4. The molecule has 1 amide bonds. The van der Waals surface area contributed by atoms with Crippen LogP contribution in [0.1, 0.15) is 11.1 Å². The number of carbonyl (C=O) groups excluding carboxylic acids is 2. The number of rotatable bonds is 7. The first-order valence-corrected chi connectivity index (χ1v) is 7.84. The van der Waals surface area contributed by atoms with Crippen molar-refractivity contribution in [3.05, 3.63) is 78.4 Å². The fraction of sp³-hybridized carbons (Fsp3) is 0.158. The summed E-state index contributed by atoms with van der Waals surface area (Å²) < 4.78 is 5.36. The van der Waals surface area contributed by atoms with E-state index in [0.29, 0.717) is 12.2 Å². The molecule has 2 aromatic carbocycles. The number of halogens is 1. The van der Waals surface area contributed by atoms with Gasteiger partial charge in [-0.05, 0) is 34.9 Å². The molecule has 0 fully saturated rings. The molecule has 0 aliphatic rings. The number of ether oxygens (including phenoxy) is 1. The summed E-state index contributed by atoms with van der Waals surface area (Å²) in [6, 6.07) is 16.5. The van der Waals surface area contributed by atoms with Crippen molar-refractivity contribution >= 4 is 28.6 Å². The van der Waals surface area contributed by atoms with Crippen LogP contribution in [0.25, 0.3) is 0 Å². The lowest BCUT2D eigenvalue weighted by atomic mass is 10.1. The molecule has 2 rings (SSSR count). The van der Waals surface area contributed by atoms with Crippen molar-refractivity contribution in [2.75, 3.05) is 11.4 Å². The molecule has 0 saturated heterocycles. The molecule has 0 radical (unpaired) electrons. The lowest BCUT2D eigenvalue weighted by molar-refractivity contribution is -0.111. The minimum Gasteiger partial charge on any atom is -0.444 e. The highest BCUT2D eigenvalue weighted by atomic mass is 35.5. The van der Waals surface area contributed by atoms with Gasteiger partial charge in [0.25, 0.3) is 0 Å². The Balaban J connectivity index is 2.05. The molecule has 0 aliphatic carbocycles. The normalized spacial score (nSPS) is 10.0. The molecule has 0 unspecified atom stereocenters. The Labute approximate surface area is 146 Å². The molecule has 2 aromatic rings. The summed E-state index contributed by atoms with van der Waals surface area (Å²) in [6.45, 7) is 4.19. The fourth-order valence-corrected chi connectivity index (χ4v) is 2.32.